The molecule has 1 amide bonds. The summed E-state index contributed by atoms with van der Waals surface area (Å²) in [5.41, 5.74) is 0.775. The fourth-order valence-corrected chi connectivity index (χ4v) is 1.39. The molecule has 0 unspecified atom stereocenters. The topological polar surface area (TPSA) is 38.3 Å². The third-order valence-corrected chi connectivity index (χ3v) is 2.04. The van der Waals surface area contributed by atoms with Gasteiger partial charge in [-0.05, 0) is 17.5 Å². The summed E-state index contributed by atoms with van der Waals surface area (Å²) >= 11 is 0. The van der Waals surface area contributed by atoms with Crippen LogP contribution in [0.3, 0.4) is 0 Å². The minimum absolute atomic E-state index is 0.00293. The Labute approximate surface area is 96.8 Å². The second-order valence-electron chi connectivity index (χ2n) is 5.02. The van der Waals surface area contributed by atoms with E-state index in [0.29, 0.717) is 6.42 Å². The molecule has 1 aromatic rings. The first-order valence-electron chi connectivity index (χ1n) is 5.34. The summed E-state index contributed by atoms with van der Waals surface area (Å²) in [6, 6.07) is 7.36. The molecular weight excluding hydrogens is 202 g/mol. The van der Waals surface area contributed by atoms with E-state index in [-0.39, 0.29) is 11.3 Å². The van der Waals surface area contributed by atoms with Crippen LogP contribution in [-0.4, -0.2) is 13.0 Å². The lowest BCUT2D eigenvalue weighted by atomic mass is 9.92. The summed E-state index contributed by atoms with van der Waals surface area (Å²) in [6.07, 6.45) is 0.504. The Kier molecular flexibility index (Phi) is 3.93. The Morgan fingerprint density at radius 3 is 2.62 bits per heavy atom. The fraction of sp³-hybridized carbons (Fsp3) is 0.462. The zero-order valence-electron chi connectivity index (χ0n) is 10.3. The van der Waals surface area contributed by atoms with Crippen molar-refractivity contribution in [1.29, 1.82) is 0 Å². The van der Waals surface area contributed by atoms with Crippen molar-refractivity contribution in [2.45, 2.75) is 27.2 Å². The Balaban J connectivity index is 2.62. The number of rotatable bonds is 3. The lowest BCUT2D eigenvalue weighted by Crippen LogP contribution is -2.19. The first kappa shape index (κ1) is 12.6. The zero-order chi connectivity index (χ0) is 12.2. The zero-order valence-corrected chi connectivity index (χ0v) is 10.3. The first-order chi connectivity index (χ1) is 7.40. The number of ether oxygens (including phenoxy) is 1. The standard InChI is InChI=1S/C13H19NO2/c1-13(2,3)9-12(15)14-10-6-5-7-11(8-10)16-4/h5-8H,9H2,1-4H3,(H,14,15). The predicted molar refractivity (Wildman–Crippen MR) is 65.7 cm³/mol. The number of carbonyl (C=O) groups excluding carboxylic acids is 1. The number of hydrogen-bond acceptors (Lipinski definition) is 2. The van der Waals surface area contributed by atoms with Crippen molar-refractivity contribution in [3.8, 4) is 5.75 Å². The second-order valence-corrected chi connectivity index (χ2v) is 5.02. The summed E-state index contributed by atoms with van der Waals surface area (Å²) < 4.78 is 5.09. The number of hydrogen-bond donors (Lipinski definition) is 1. The van der Waals surface area contributed by atoms with Gasteiger partial charge in [0.05, 0.1) is 7.11 Å². The molecule has 0 fully saturated rings. The van der Waals surface area contributed by atoms with Gasteiger partial charge in [-0.1, -0.05) is 26.8 Å². The van der Waals surface area contributed by atoms with Crippen molar-refractivity contribution in [1.82, 2.24) is 0 Å². The van der Waals surface area contributed by atoms with Crippen LogP contribution in [0.1, 0.15) is 27.2 Å². The minimum atomic E-state index is 0.00293. The van der Waals surface area contributed by atoms with Crippen molar-refractivity contribution in [2.24, 2.45) is 5.41 Å². The van der Waals surface area contributed by atoms with Crippen LogP contribution in [0, 0.1) is 5.41 Å². The van der Waals surface area contributed by atoms with Gasteiger partial charge in [-0.3, -0.25) is 4.79 Å². The molecule has 88 valence electrons. The quantitative estimate of drug-likeness (QED) is 0.851. The van der Waals surface area contributed by atoms with Crippen LogP contribution in [0.2, 0.25) is 0 Å². The highest BCUT2D eigenvalue weighted by molar-refractivity contribution is 5.91. The van der Waals surface area contributed by atoms with Gasteiger partial charge < -0.3 is 10.1 Å². The molecular formula is C13H19NO2. The van der Waals surface area contributed by atoms with Gasteiger partial charge in [-0.25, -0.2) is 0 Å². The van der Waals surface area contributed by atoms with Gasteiger partial charge in [-0.2, -0.15) is 0 Å². The van der Waals surface area contributed by atoms with Gasteiger partial charge in [0.15, 0.2) is 0 Å². The van der Waals surface area contributed by atoms with Gasteiger partial charge in [-0.15, -0.1) is 0 Å². The molecule has 0 atom stereocenters. The lowest BCUT2D eigenvalue weighted by Gasteiger charge is -2.17. The number of nitrogens with one attached hydrogen (secondary N) is 1. The SMILES string of the molecule is COc1cccc(NC(=O)CC(C)(C)C)c1. The van der Waals surface area contributed by atoms with Crippen LogP contribution >= 0.6 is 0 Å². The summed E-state index contributed by atoms with van der Waals surface area (Å²) in [5.74, 6) is 0.773. The van der Waals surface area contributed by atoms with Crippen LogP contribution in [0.25, 0.3) is 0 Å². The maximum absolute atomic E-state index is 11.7. The monoisotopic (exact) mass is 221 g/mol. The molecule has 0 aromatic heterocycles. The number of anilines is 1. The molecule has 0 bridgehead atoms. The maximum Gasteiger partial charge on any atom is 0.224 e. The molecule has 3 heteroatoms. The minimum Gasteiger partial charge on any atom is -0.497 e. The number of carbonyl (C=O) groups is 1. The summed E-state index contributed by atoms with van der Waals surface area (Å²) in [6.45, 7) is 6.12. The molecule has 0 aliphatic carbocycles. The van der Waals surface area contributed by atoms with Crippen molar-refractivity contribution < 1.29 is 9.53 Å². The van der Waals surface area contributed by atoms with Crippen LogP contribution in [0.5, 0.6) is 5.75 Å². The van der Waals surface area contributed by atoms with E-state index < -0.39 is 0 Å². The maximum atomic E-state index is 11.7. The number of amides is 1. The van der Waals surface area contributed by atoms with E-state index in [2.05, 4.69) is 5.32 Å². The predicted octanol–water partition coefficient (Wildman–Crippen LogP) is 3.07. The average Bonchev–Trinajstić information content (AvgIpc) is 2.15. The molecule has 1 rings (SSSR count). The van der Waals surface area contributed by atoms with Crippen molar-refractivity contribution in [3.05, 3.63) is 24.3 Å². The highest BCUT2D eigenvalue weighted by Crippen LogP contribution is 2.21. The molecule has 0 aliphatic heterocycles. The van der Waals surface area contributed by atoms with E-state index in [1.54, 1.807) is 13.2 Å². The van der Waals surface area contributed by atoms with Crippen LogP contribution in [0.4, 0.5) is 5.69 Å². The van der Waals surface area contributed by atoms with E-state index in [1.165, 1.54) is 0 Å². The molecule has 0 saturated heterocycles. The van der Waals surface area contributed by atoms with Crippen molar-refractivity contribution in [2.75, 3.05) is 12.4 Å². The molecule has 16 heavy (non-hydrogen) atoms. The van der Waals surface area contributed by atoms with Gasteiger partial charge in [0, 0.05) is 18.2 Å². The third-order valence-electron chi connectivity index (χ3n) is 2.04. The summed E-state index contributed by atoms with van der Waals surface area (Å²) in [7, 11) is 1.61. The first-order valence-corrected chi connectivity index (χ1v) is 5.34. The Morgan fingerprint density at radius 1 is 1.38 bits per heavy atom. The van der Waals surface area contributed by atoms with E-state index in [4.69, 9.17) is 4.74 Å². The normalized spacial score (nSPS) is 11.0. The van der Waals surface area contributed by atoms with E-state index >= 15 is 0 Å². The average molecular weight is 221 g/mol. The molecule has 3 nitrogen and oxygen atoms in total. The Morgan fingerprint density at radius 2 is 2.06 bits per heavy atom. The Hall–Kier alpha value is -1.51. The summed E-state index contributed by atoms with van der Waals surface area (Å²) in [4.78, 5) is 11.7. The number of methoxy groups -OCH3 is 1. The van der Waals surface area contributed by atoms with Crippen LogP contribution in [-0.2, 0) is 4.79 Å². The van der Waals surface area contributed by atoms with Gasteiger partial charge in [0.2, 0.25) is 5.91 Å². The van der Waals surface area contributed by atoms with Gasteiger partial charge in [0.1, 0.15) is 5.75 Å². The summed E-state index contributed by atoms with van der Waals surface area (Å²) in [5, 5.41) is 2.85. The van der Waals surface area contributed by atoms with E-state index in [1.807, 2.05) is 39.0 Å². The molecule has 0 saturated carbocycles. The fourth-order valence-electron chi connectivity index (χ4n) is 1.39. The lowest BCUT2D eigenvalue weighted by molar-refractivity contribution is -0.117. The van der Waals surface area contributed by atoms with Crippen molar-refractivity contribution in [3.63, 3.8) is 0 Å². The van der Waals surface area contributed by atoms with Gasteiger partial charge in [0.25, 0.3) is 0 Å². The van der Waals surface area contributed by atoms with E-state index in [0.717, 1.165) is 11.4 Å². The van der Waals surface area contributed by atoms with Crippen LogP contribution in [0.15, 0.2) is 24.3 Å². The highest BCUT2D eigenvalue weighted by atomic mass is 16.5. The van der Waals surface area contributed by atoms with Crippen LogP contribution < -0.4 is 10.1 Å². The van der Waals surface area contributed by atoms with Crippen molar-refractivity contribution >= 4 is 11.6 Å². The molecule has 0 heterocycles. The molecule has 0 spiro atoms. The largest absolute Gasteiger partial charge is 0.497 e. The highest BCUT2D eigenvalue weighted by Gasteiger charge is 2.15. The second kappa shape index (κ2) is 5.01. The molecule has 0 aliphatic rings. The molecule has 1 N–H and O–H groups in total. The number of benzene rings is 1. The van der Waals surface area contributed by atoms with Gasteiger partial charge >= 0.3 is 0 Å². The third kappa shape index (κ3) is 4.34. The van der Waals surface area contributed by atoms with E-state index in [9.17, 15) is 4.79 Å². The molecule has 1 aromatic carbocycles. The smallest absolute Gasteiger partial charge is 0.224 e. The Bertz CT molecular complexity index is 366. The molecule has 0 radical (unpaired) electrons.